The van der Waals surface area contributed by atoms with E-state index in [9.17, 15) is 4.79 Å². The van der Waals surface area contributed by atoms with Crippen molar-refractivity contribution in [3.63, 3.8) is 0 Å². The van der Waals surface area contributed by atoms with Crippen LogP contribution < -0.4 is 10.1 Å². The lowest BCUT2D eigenvalue weighted by atomic mass is 10.1. The molecule has 0 atom stereocenters. The first-order valence-corrected chi connectivity index (χ1v) is 7.13. The van der Waals surface area contributed by atoms with Crippen molar-refractivity contribution in [3.05, 3.63) is 59.3 Å². The number of rotatable bonds is 3. The number of hydrogen-bond donors (Lipinski definition) is 2. The number of hydrogen-bond acceptors (Lipinski definition) is 2. The molecule has 0 aliphatic rings. The molecule has 1 heterocycles. The normalized spacial score (nSPS) is 10.7. The number of carbonyl (C=O) groups is 1. The third-order valence-corrected chi connectivity index (χ3v) is 3.80. The lowest BCUT2D eigenvalue weighted by molar-refractivity contribution is 0.102. The maximum atomic E-state index is 12.6. The van der Waals surface area contributed by atoms with Gasteiger partial charge in [-0.05, 0) is 43.2 Å². The summed E-state index contributed by atoms with van der Waals surface area (Å²) in [6.07, 6.45) is 0. The minimum atomic E-state index is -0.169. The van der Waals surface area contributed by atoms with E-state index in [1.165, 1.54) is 0 Å². The number of methoxy groups -OCH3 is 1. The van der Waals surface area contributed by atoms with Crippen molar-refractivity contribution in [2.45, 2.75) is 13.8 Å². The molecule has 0 aliphatic carbocycles. The molecule has 22 heavy (non-hydrogen) atoms. The van der Waals surface area contributed by atoms with Crippen molar-refractivity contribution in [1.82, 2.24) is 4.98 Å². The van der Waals surface area contributed by atoms with Crippen molar-refractivity contribution in [2.75, 3.05) is 12.4 Å². The standard InChI is InChI=1S/C18H18N2O2/c1-11-8-9-16(22-3)15(10-11)20-18(21)17-12(2)13-6-4-5-7-14(13)19-17/h4-10,19H,1-3H3,(H,20,21). The number of amides is 1. The van der Waals surface area contributed by atoms with Crippen LogP contribution in [0.2, 0.25) is 0 Å². The fourth-order valence-electron chi connectivity index (χ4n) is 2.61. The van der Waals surface area contributed by atoms with Crippen LogP contribution in [0.5, 0.6) is 5.75 Å². The quantitative estimate of drug-likeness (QED) is 0.765. The minimum Gasteiger partial charge on any atom is -0.495 e. The van der Waals surface area contributed by atoms with Crippen molar-refractivity contribution in [1.29, 1.82) is 0 Å². The van der Waals surface area contributed by atoms with E-state index in [0.29, 0.717) is 17.1 Å². The number of para-hydroxylation sites is 1. The predicted octanol–water partition coefficient (Wildman–Crippen LogP) is 4.05. The second-order valence-electron chi connectivity index (χ2n) is 5.33. The highest BCUT2D eigenvalue weighted by Crippen LogP contribution is 2.27. The molecule has 4 nitrogen and oxygen atoms in total. The molecule has 0 bridgehead atoms. The van der Waals surface area contributed by atoms with Gasteiger partial charge in [-0.2, -0.15) is 0 Å². The van der Waals surface area contributed by atoms with E-state index in [-0.39, 0.29) is 5.91 Å². The lowest BCUT2D eigenvalue weighted by Gasteiger charge is -2.10. The van der Waals surface area contributed by atoms with Crippen LogP contribution in [0.15, 0.2) is 42.5 Å². The SMILES string of the molecule is COc1ccc(C)cc1NC(=O)c1[nH]c2ccccc2c1C. The van der Waals surface area contributed by atoms with Gasteiger partial charge in [-0.1, -0.05) is 24.3 Å². The number of carbonyl (C=O) groups excluding carboxylic acids is 1. The van der Waals surface area contributed by atoms with E-state index in [4.69, 9.17) is 4.74 Å². The largest absolute Gasteiger partial charge is 0.495 e. The molecule has 2 aromatic carbocycles. The minimum absolute atomic E-state index is 0.169. The van der Waals surface area contributed by atoms with Gasteiger partial charge in [0.15, 0.2) is 0 Å². The van der Waals surface area contributed by atoms with Gasteiger partial charge < -0.3 is 15.0 Å². The van der Waals surface area contributed by atoms with Gasteiger partial charge in [-0.3, -0.25) is 4.79 Å². The van der Waals surface area contributed by atoms with Crippen LogP contribution in [0.1, 0.15) is 21.6 Å². The zero-order chi connectivity index (χ0) is 15.7. The Morgan fingerprint density at radius 1 is 1.14 bits per heavy atom. The molecule has 3 aromatic rings. The molecule has 1 aromatic heterocycles. The second kappa shape index (κ2) is 5.56. The van der Waals surface area contributed by atoms with Crippen LogP contribution in [0.3, 0.4) is 0 Å². The molecule has 0 saturated carbocycles. The number of anilines is 1. The van der Waals surface area contributed by atoms with Gasteiger partial charge >= 0.3 is 0 Å². The Morgan fingerprint density at radius 3 is 2.64 bits per heavy atom. The maximum Gasteiger partial charge on any atom is 0.272 e. The Labute approximate surface area is 129 Å². The number of fused-ring (bicyclic) bond motifs is 1. The smallest absolute Gasteiger partial charge is 0.272 e. The van der Waals surface area contributed by atoms with Gasteiger partial charge in [0.1, 0.15) is 11.4 Å². The van der Waals surface area contributed by atoms with Crippen molar-refractivity contribution >= 4 is 22.5 Å². The Hall–Kier alpha value is -2.75. The molecule has 0 radical (unpaired) electrons. The summed E-state index contributed by atoms with van der Waals surface area (Å²) in [4.78, 5) is 15.8. The highest BCUT2D eigenvalue weighted by atomic mass is 16.5. The molecular weight excluding hydrogens is 276 g/mol. The lowest BCUT2D eigenvalue weighted by Crippen LogP contribution is -2.14. The topological polar surface area (TPSA) is 54.1 Å². The monoisotopic (exact) mass is 294 g/mol. The molecule has 2 N–H and O–H groups in total. The molecule has 3 rings (SSSR count). The Bertz CT molecular complexity index is 849. The maximum absolute atomic E-state index is 12.6. The zero-order valence-electron chi connectivity index (χ0n) is 12.9. The highest BCUT2D eigenvalue weighted by molar-refractivity contribution is 6.08. The Morgan fingerprint density at radius 2 is 1.91 bits per heavy atom. The van der Waals surface area contributed by atoms with Gasteiger partial charge in [0.25, 0.3) is 5.91 Å². The van der Waals surface area contributed by atoms with Gasteiger partial charge in [0.05, 0.1) is 12.8 Å². The van der Waals surface area contributed by atoms with Crippen LogP contribution >= 0.6 is 0 Å². The van der Waals surface area contributed by atoms with E-state index in [2.05, 4.69) is 10.3 Å². The summed E-state index contributed by atoms with van der Waals surface area (Å²) in [6, 6.07) is 13.6. The molecular formula is C18H18N2O2. The average molecular weight is 294 g/mol. The number of aromatic nitrogens is 1. The Kier molecular flexibility index (Phi) is 3.59. The van der Waals surface area contributed by atoms with E-state index in [1.807, 2.05) is 56.3 Å². The molecule has 0 spiro atoms. The third kappa shape index (κ3) is 2.44. The van der Waals surface area contributed by atoms with Gasteiger partial charge in [-0.25, -0.2) is 0 Å². The molecule has 0 unspecified atom stereocenters. The molecule has 1 amide bonds. The van der Waals surface area contributed by atoms with E-state index in [1.54, 1.807) is 7.11 Å². The second-order valence-corrected chi connectivity index (χ2v) is 5.33. The van der Waals surface area contributed by atoms with Gasteiger partial charge in [0, 0.05) is 10.9 Å². The average Bonchev–Trinajstić information content (AvgIpc) is 2.85. The number of nitrogens with one attached hydrogen (secondary N) is 2. The predicted molar refractivity (Wildman–Crippen MR) is 88.7 cm³/mol. The van der Waals surface area contributed by atoms with E-state index >= 15 is 0 Å². The fraction of sp³-hybridized carbons (Fsp3) is 0.167. The van der Waals surface area contributed by atoms with Crippen molar-refractivity contribution in [2.24, 2.45) is 0 Å². The van der Waals surface area contributed by atoms with Crippen molar-refractivity contribution < 1.29 is 9.53 Å². The first-order chi connectivity index (χ1) is 10.6. The number of ether oxygens (including phenoxy) is 1. The summed E-state index contributed by atoms with van der Waals surface area (Å²) < 4.78 is 5.30. The van der Waals surface area contributed by atoms with Crippen molar-refractivity contribution in [3.8, 4) is 5.75 Å². The molecule has 4 heteroatoms. The first-order valence-electron chi connectivity index (χ1n) is 7.13. The van der Waals surface area contributed by atoms with Crippen LogP contribution in [0.25, 0.3) is 10.9 Å². The number of aryl methyl sites for hydroxylation is 2. The molecule has 112 valence electrons. The van der Waals surface area contributed by atoms with Gasteiger partial charge in [-0.15, -0.1) is 0 Å². The number of H-pyrrole nitrogens is 1. The fourth-order valence-corrected chi connectivity index (χ4v) is 2.61. The zero-order valence-corrected chi connectivity index (χ0v) is 12.9. The van der Waals surface area contributed by atoms with E-state index in [0.717, 1.165) is 22.0 Å². The molecule has 0 saturated heterocycles. The van der Waals surface area contributed by atoms with Crippen LogP contribution in [-0.2, 0) is 0 Å². The van der Waals surface area contributed by atoms with Crippen LogP contribution in [-0.4, -0.2) is 18.0 Å². The summed E-state index contributed by atoms with van der Waals surface area (Å²) in [5.41, 5.74) is 4.21. The molecule has 0 fully saturated rings. The summed E-state index contributed by atoms with van der Waals surface area (Å²) >= 11 is 0. The highest BCUT2D eigenvalue weighted by Gasteiger charge is 2.16. The summed E-state index contributed by atoms with van der Waals surface area (Å²) in [5, 5.41) is 3.98. The first kappa shape index (κ1) is 14.2. The summed E-state index contributed by atoms with van der Waals surface area (Å²) in [6.45, 7) is 3.92. The van der Waals surface area contributed by atoms with Gasteiger partial charge in [0.2, 0.25) is 0 Å². The number of benzene rings is 2. The summed E-state index contributed by atoms with van der Waals surface area (Å²) in [5.74, 6) is 0.477. The summed E-state index contributed by atoms with van der Waals surface area (Å²) in [7, 11) is 1.59. The third-order valence-electron chi connectivity index (χ3n) is 3.80. The van der Waals surface area contributed by atoms with Crippen LogP contribution in [0, 0.1) is 13.8 Å². The number of aromatic amines is 1. The molecule has 0 aliphatic heterocycles. The van der Waals surface area contributed by atoms with Crippen LogP contribution in [0.4, 0.5) is 5.69 Å². The Balaban J connectivity index is 1.97. The van der Waals surface area contributed by atoms with E-state index < -0.39 is 0 Å².